The second-order valence-electron chi connectivity index (χ2n) is 5.20. The first kappa shape index (κ1) is 15.7. The van der Waals surface area contributed by atoms with Crippen molar-refractivity contribution < 1.29 is 4.79 Å². The number of nitrogens with one attached hydrogen (secondary N) is 1. The Kier molecular flexibility index (Phi) is 5.75. The van der Waals surface area contributed by atoms with Gasteiger partial charge in [-0.05, 0) is 42.5 Å². The number of amides is 1. The van der Waals surface area contributed by atoms with Gasteiger partial charge in [0, 0.05) is 31.1 Å². The number of benzene rings is 1. The summed E-state index contributed by atoms with van der Waals surface area (Å²) in [4.78, 5) is 15.3. The summed E-state index contributed by atoms with van der Waals surface area (Å²) in [5.41, 5.74) is 2.98. The van der Waals surface area contributed by atoms with E-state index in [1.54, 1.807) is 11.8 Å². The Morgan fingerprint density at radius 3 is 2.75 bits per heavy atom. The van der Waals surface area contributed by atoms with Crippen LogP contribution in [0.3, 0.4) is 0 Å². The molecule has 1 saturated heterocycles. The Bertz CT molecular complexity index is 475. The first-order chi connectivity index (χ1) is 9.33. The highest BCUT2D eigenvalue weighted by Crippen LogP contribution is 2.27. The Morgan fingerprint density at radius 1 is 1.20 bits per heavy atom. The average Bonchev–Trinajstić information content (AvgIpc) is 2.93. The van der Waals surface area contributed by atoms with Gasteiger partial charge in [0.05, 0.1) is 5.75 Å². The lowest BCUT2D eigenvalue weighted by Gasteiger charge is -2.27. The smallest absolute Gasteiger partial charge is 0.233 e. The molecule has 1 aromatic carbocycles. The molecule has 20 heavy (non-hydrogen) atoms. The van der Waals surface area contributed by atoms with E-state index in [2.05, 4.69) is 23.5 Å². The fraction of sp³-hybridized carbons (Fsp3) is 0.533. The van der Waals surface area contributed by atoms with E-state index in [0.29, 0.717) is 5.75 Å². The Labute approximate surface area is 130 Å². The number of fused-ring (bicyclic) bond motifs is 1. The minimum atomic E-state index is 0. The molecule has 110 valence electrons. The average molecular weight is 313 g/mol. The number of carbonyl (C=O) groups excluding carboxylic acids is 1. The number of rotatable bonds is 3. The normalized spacial score (nSPS) is 17.5. The van der Waals surface area contributed by atoms with Crippen molar-refractivity contribution in [2.45, 2.75) is 24.2 Å². The first-order valence-corrected chi connectivity index (χ1v) is 8.04. The maximum atomic E-state index is 12.1. The molecular weight excluding hydrogens is 292 g/mol. The SMILES string of the molecule is Cl.O=C(CSc1ccc2c(c1)CCC2)N1CCNCC1. The van der Waals surface area contributed by atoms with Crippen LogP contribution in [0.2, 0.25) is 0 Å². The van der Waals surface area contributed by atoms with Crippen LogP contribution in [0.25, 0.3) is 0 Å². The van der Waals surface area contributed by atoms with Crippen LogP contribution in [0.4, 0.5) is 0 Å². The highest BCUT2D eigenvalue weighted by molar-refractivity contribution is 8.00. The zero-order valence-electron chi connectivity index (χ0n) is 11.6. The van der Waals surface area contributed by atoms with Crippen LogP contribution < -0.4 is 5.32 Å². The number of halogens is 1. The van der Waals surface area contributed by atoms with Gasteiger partial charge in [0.25, 0.3) is 0 Å². The molecule has 1 aliphatic heterocycles. The van der Waals surface area contributed by atoms with Gasteiger partial charge in [-0.25, -0.2) is 0 Å². The zero-order valence-corrected chi connectivity index (χ0v) is 13.2. The van der Waals surface area contributed by atoms with Crippen molar-refractivity contribution in [3.8, 4) is 0 Å². The van der Waals surface area contributed by atoms with Crippen LogP contribution in [0, 0.1) is 0 Å². The van der Waals surface area contributed by atoms with Crippen LogP contribution in [-0.2, 0) is 17.6 Å². The standard InChI is InChI=1S/C15H20N2OS.ClH/c18-15(17-8-6-16-7-9-17)11-19-14-5-4-12-2-1-3-13(12)10-14;/h4-5,10,16H,1-3,6-9,11H2;1H. The number of piperazine rings is 1. The van der Waals surface area contributed by atoms with E-state index < -0.39 is 0 Å². The number of hydrogen-bond acceptors (Lipinski definition) is 3. The van der Waals surface area contributed by atoms with Gasteiger partial charge in [0.15, 0.2) is 0 Å². The van der Waals surface area contributed by atoms with Gasteiger partial charge < -0.3 is 10.2 Å². The number of carbonyl (C=O) groups is 1. The van der Waals surface area contributed by atoms with E-state index in [1.165, 1.54) is 35.3 Å². The summed E-state index contributed by atoms with van der Waals surface area (Å²) in [6, 6.07) is 6.68. The molecule has 1 amide bonds. The molecule has 1 heterocycles. The van der Waals surface area contributed by atoms with E-state index in [-0.39, 0.29) is 18.3 Å². The molecule has 3 nitrogen and oxygen atoms in total. The third kappa shape index (κ3) is 3.68. The van der Waals surface area contributed by atoms with Crippen LogP contribution in [0.15, 0.2) is 23.1 Å². The Balaban J connectivity index is 0.00000147. The molecule has 0 spiro atoms. The van der Waals surface area contributed by atoms with Crippen molar-refractivity contribution in [1.29, 1.82) is 0 Å². The monoisotopic (exact) mass is 312 g/mol. The highest BCUT2D eigenvalue weighted by atomic mass is 35.5. The highest BCUT2D eigenvalue weighted by Gasteiger charge is 2.16. The van der Waals surface area contributed by atoms with Crippen LogP contribution in [-0.4, -0.2) is 42.7 Å². The predicted molar refractivity (Wildman–Crippen MR) is 85.9 cm³/mol. The zero-order chi connectivity index (χ0) is 13.1. The molecule has 0 bridgehead atoms. The summed E-state index contributed by atoms with van der Waals surface area (Å²) in [5, 5.41) is 3.27. The maximum Gasteiger partial charge on any atom is 0.233 e. The molecule has 1 fully saturated rings. The lowest BCUT2D eigenvalue weighted by molar-refractivity contribution is -0.128. The van der Waals surface area contributed by atoms with Crippen molar-refractivity contribution in [1.82, 2.24) is 10.2 Å². The summed E-state index contributed by atoms with van der Waals surface area (Å²) >= 11 is 1.68. The van der Waals surface area contributed by atoms with E-state index >= 15 is 0 Å². The topological polar surface area (TPSA) is 32.3 Å². The number of nitrogens with zero attached hydrogens (tertiary/aromatic N) is 1. The molecule has 1 aliphatic carbocycles. The molecule has 1 N–H and O–H groups in total. The van der Waals surface area contributed by atoms with E-state index in [1.807, 2.05) is 4.90 Å². The second-order valence-corrected chi connectivity index (χ2v) is 6.25. The molecule has 0 radical (unpaired) electrons. The number of thioether (sulfide) groups is 1. The van der Waals surface area contributed by atoms with E-state index in [4.69, 9.17) is 0 Å². The van der Waals surface area contributed by atoms with Gasteiger partial charge in [-0.3, -0.25) is 4.79 Å². The van der Waals surface area contributed by atoms with Gasteiger partial charge in [-0.2, -0.15) is 0 Å². The largest absolute Gasteiger partial charge is 0.339 e. The van der Waals surface area contributed by atoms with Gasteiger partial charge in [-0.1, -0.05) is 6.07 Å². The molecule has 0 unspecified atom stereocenters. The lowest BCUT2D eigenvalue weighted by Crippen LogP contribution is -2.47. The molecule has 2 aliphatic rings. The third-order valence-corrected chi connectivity index (χ3v) is 4.88. The van der Waals surface area contributed by atoms with Crippen molar-refractivity contribution in [3.63, 3.8) is 0 Å². The Hall–Kier alpha value is -0.710. The summed E-state index contributed by atoms with van der Waals surface area (Å²) in [7, 11) is 0. The quantitative estimate of drug-likeness (QED) is 0.868. The molecule has 1 aromatic rings. The van der Waals surface area contributed by atoms with Gasteiger partial charge >= 0.3 is 0 Å². The minimum Gasteiger partial charge on any atom is -0.339 e. The Morgan fingerprint density at radius 2 is 1.95 bits per heavy atom. The summed E-state index contributed by atoms with van der Waals surface area (Å²) in [6.45, 7) is 3.55. The van der Waals surface area contributed by atoms with Crippen LogP contribution in [0.1, 0.15) is 17.5 Å². The fourth-order valence-electron chi connectivity index (χ4n) is 2.79. The second kappa shape index (κ2) is 7.34. The van der Waals surface area contributed by atoms with E-state index in [9.17, 15) is 4.79 Å². The molecule has 3 rings (SSSR count). The maximum absolute atomic E-state index is 12.1. The molecular formula is C15H21ClN2OS. The molecule has 0 aromatic heterocycles. The third-order valence-electron chi connectivity index (χ3n) is 3.90. The van der Waals surface area contributed by atoms with Crippen molar-refractivity contribution in [3.05, 3.63) is 29.3 Å². The van der Waals surface area contributed by atoms with Gasteiger partial charge in [-0.15, -0.1) is 24.2 Å². The lowest BCUT2D eigenvalue weighted by atomic mass is 10.1. The molecule has 0 atom stereocenters. The van der Waals surface area contributed by atoms with Crippen LogP contribution in [0.5, 0.6) is 0 Å². The summed E-state index contributed by atoms with van der Waals surface area (Å²) in [6.07, 6.45) is 3.71. The van der Waals surface area contributed by atoms with Crippen LogP contribution >= 0.6 is 24.2 Å². The molecule has 5 heteroatoms. The van der Waals surface area contributed by atoms with Gasteiger partial charge in [0.2, 0.25) is 5.91 Å². The number of hydrogen-bond donors (Lipinski definition) is 1. The minimum absolute atomic E-state index is 0. The van der Waals surface area contributed by atoms with Crippen molar-refractivity contribution in [2.24, 2.45) is 0 Å². The van der Waals surface area contributed by atoms with Crippen molar-refractivity contribution in [2.75, 3.05) is 31.9 Å². The summed E-state index contributed by atoms with van der Waals surface area (Å²) in [5.74, 6) is 0.839. The van der Waals surface area contributed by atoms with Crippen molar-refractivity contribution >= 4 is 30.1 Å². The fourth-order valence-corrected chi connectivity index (χ4v) is 3.65. The van der Waals surface area contributed by atoms with Gasteiger partial charge in [0.1, 0.15) is 0 Å². The first-order valence-electron chi connectivity index (χ1n) is 7.06. The predicted octanol–water partition coefficient (Wildman–Crippen LogP) is 2.12. The van der Waals surface area contributed by atoms with E-state index in [0.717, 1.165) is 26.2 Å². The molecule has 0 saturated carbocycles. The number of aryl methyl sites for hydroxylation is 2. The summed E-state index contributed by atoms with van der Waals surface area (Å²) < 4.78 is 0.